The Bertz CT molecular complexity index is 283. The number of carbonyl (C=O) groups is 1. The molecule has 5 heteroatoms. The minimum atomic E-state index is -1.47. The number of nitrogens with zero attached hydrogens (tertiary/aromatic N) is 1. The monoisotopic (exact) mass is 379 g/mol. The SMILES string of the molecule is CC.CC.CC.CCCCC(C)C(=O)OC[C@@](C)(O)C(O)N(C)CCC. The minimum absolute atomic E-state index is 0.170. The number of hydrogen-bond donors (Lipinski definition) is 2. The smallest absolute Gasteiger partial charge is 0.308 e. The molecule has 0 rings (SSSR count). The van der Waals surface area contributed by atoms with Gasteiger partial charge in [-0.1, -0.05) is 75.2 Å². The predicted octanol–water partition coefficient (Wildman–Crippen LogP) is 4.85. The molecule has 5 nitrogen and oxygen atoms in total. The van der Waals surface area contributed by atoms with Gasteiger partial charge in [0.15, 0.2) is 0 Å². The van der Waals surface area contributed by atoms with Crippen LogP contribution in [-0.2, 0) is 9.53 Å². The number of hydrogen-bond acceptors (Lipinski definition) is 5. The Morgan fingerprint density at radius 3 is 1.92 bits per heavy atom. The maximum atomic E-state index is 11.8. The van der Waals surface area contributed by atoms with Gasteiger partial charge in [-0.25, -0.2) is 0 Å². The van der Waals surface area contributed by atoms with Crippen molar-refractivity contribution >= 4 is 5.97 Å². The van der Waals surface area contributed by atoms with Crippen LogP contribution in [0.15, 0.2) is 0 Å². The third kappa shape index (κ3) is 16.8. The quantitative estimate of drug-likeness (QED) is 0.419. The lowest BCUT2D eigenvalue weighted by Crippen LogP contribution is -2.53. The highest BCUT2D eigenvalue weighted by atomic mass is 16.5. The second kappa shape index (κ2) is 22.4. The van der Waals surface area contributed by atoms with Crippen LogP contribution in [-0.4, -0.2) is 53.1 Å². The molecule has 0 saturated heterocycles. The van der Waals surface area contributed by atoms with Crippen molar-refractivity contribution in [1.82, 2.24) is 4.90 Å². The Morgan fingerprint density at radius 1 is 1.08 bits per heavy atom. The molecule has 0 fully saturated rings. The van der Waals surface area contributed by atoms with Gasteiger partial charge in [0.1, 0.15) is 18.4 Å². The number of rotatable bonds is 10. The number of esters is 1. The third-order valence-corrected chi connectivity index (χ3v) is 3.45. The van der Waals surface area contributed by atoms with Crippen molar-refractivity contribution in [2.24, 2.45) is 5.92 Å². The van der Waals surface area contributed by atoms with E-state index in [0.717, 1.165) is 25.7 Å². The zero-order chi connectivity index (χ0) is 21.8. The molecule has 0 heterocycles. The lowest BCUT2D eigenvalue weighted by atomic mass is 10.0. The van der Waals surface area contributed by atoms with Gasteiger partial charge in [0, 0.05) is 6.54 Å². The van der Waals surface area contributed by atoms with Crippen molar-refractivity contribution in [2.75, 3.05) is 20.2 Å². The van der Waals surface area contributed by atoms with Crippen molar-refractivity contribution < 1.29 is 19.7 Å². The summed E-state index contributed by atoms with van der Waals surface area (Å²) in [5, 5.41) is 20.3. The molecule has 162 valence electrons. The Morgan fingerprint density at radius 2 is 1.54 bits per heavy atom. The largest absolute Gasteiger partial charge is 0.462 e. The first-order valence-electron chi connectivity index (χ1n) is 10.5. The summed E-state index contributed by atoms with van der Waals surface area (Å²) in [6.45, 7) is 19.8. The minimum Gasteiger partial charge on any atom is -0.462 e. The van der Waals surface area contributed by atoms with E-state index in [9.17, 15) is 15.0 Å². The summed E-state index contributed by atoms with van der Waals surface area (Å²) in [7, 11) is 1.73. The second-order valence-electron chi connectivity index (χ2n) is 5.86. The van der Waals surface area contributed by atoms with Gasteiger partial charge in [0.2, 0.25) is 0 Å². The van der Waals surface area contributed by atoms with E-state index in [1.807, 2.05) is 55.4 Å². The molecule has 0 aromatic heterocycles. The lowest BCUT2D eigenvalue weighted by molar-refractivity contribution is -0.178. The van der Waals surface area contributed by atoms with Crippen molar-refractivity contribution in [1.29, 1.82) is 0 Å². The summed E-state index contributed by atoms with van der Waals surface area (Å²) in [4.78, 5) is 13.4. The van der Waals surface area contributed by atoms with E-state index in [1.54, 1.807) is 11.9 Å². The second-order valence-corrected chi connectivity index (χ2v) is 5.86. The van der Waals surface area contributed by atoms with E-state index in [0.29, 0.717) is 6.54 Å². The molecule has 26 heavy (non-hydrogen) atoms. The average molecular weight is 380 g/mol. The van der Waals surface area contributed by atoms with Crippen molar-refractivity contribution in [3.8, 4) is 0 Å². The van der Waals surface area contributed by atoms with Crippen molar-refractivity contribution in [3.05, 3.63) is 0 Å². The highest BCUT2D eigenvalue weighted by Crippen LogP contribution is 2.16. The van der Waals surface area contributed by atoms with Crippen LogP contribution in [0.25, 0.3) is 0 Å². The van der Waals surface area contributed by atoms with Gasteiger partial charge >= 0.3 is 5.97 Å². The Kier molecular flexibility index (Phi) is 28.4. The summed E-state index contributed by atoms with van der Waals surface area (Å²) in [6.07, 6.45) is 2.62. The Balaban J connectivity index is -0.000000362. The van der Waals surface area contributed by atoms with E-state index in [2.05, 4.69) is 6.92 Å². The predicted molar refractivity (Wildman–Crippen MR) is 113 cm³/mol. The first kappa shape index (κ1) is 33.0. The number of aliphatic hydroxyl groups excluding tert-OH is 1. The lowest BCUT2D eigenvalue weighted by Gasteiger charge is -2.34. The topological polar surface area (TPSA) is 70.0 Å². The molecule has 0 aromatic rings. The molecule has 0 saturated carbocycles. The molecule has 2 N–H and O–H groups in total. The fraction of sp³-hybridized carbons (Fsp3) is 0.952. The number of unbranched alkanes of at least 4 members (excludes halogenated alkanes) is 1. The molecule has 0 aliphatic rings. The normalized spacial score (nSPS) is 14.2. The van der Waals surface area contributed by atoms with E-state index < -0.39 is 11.8 Å². The third-order valence-electron chi connectivity index (χ3n) is 3.45. The van der Waals surface area contributed by atoms with Crippen LogP contribution in [0, 0.1) is 5.92 Å². The van der Waals surface area contributed by atoms with E-state index in [4.69, 9.17) is 4.74 Å². The molecule has 3 atom stereocenters. The van der Waals surface area contributed by atoms with Gasteiger partial charge < -0.3 is 14.9 Å². The number of likely N-dealkylation sites (N-methyl/N-ethyl adjacent to an activating group) is 1. The summed E-state index contributed by atoms with van der Waals surface area (Å²) in [5.41, 5.74) is -1.47. The number of ether oxygens (including phenoxy) is 1. The molecule has 0 amide bonds. The van der Waals surface area contributed by atoms with Gasteiger partial charge in [-0.3, -0.25) is 9.69 Å². The number of carbonyl (C=O) groups excluding carboxylic acids is 1. The standard InChI is InChI=1S/C15H31NO4.3C2H6/c1-6-8-9-12(3)13(17)20-11-15(4,19)14(18)16(5)10-7-2;3*1-2/h12,14,18-19H,6-11H2,1-5H3;3*1-2H3/t12?,14?,15-;;;/m1.../s1. The first-order chi connectivity index (χ1) is 12.3. The van der Waals surface area contributed by atoms with Gasteiger partial charge in [-0.2, -0.15) is 0 Å². The van der Waals surface area contributed by atoms with Crippen LogP contribution >= 0.6 is 0 Å². The van der Waals surface area contributed by atoms with Gasteiger partial charge in [0.05, 0.1) is 5.92 Å². The molecule has 0 bridgehead atoms. The molecule has 0 aliphatic heterocycles. The van der Waals surface area contributed by atoms with E-state index >= 15 is 0 Å². The van der Waals surface area contributed by atoms with Crippen LogP contribution in [0.1, 0.15) is 94.9 Å². The highest BCUT2D eigenvalue weighted by Gasteiger charge is 2.35. The molecule has 0 aliphatic carbocycles. The van der Waals surface area contributed by atoms with Gasteiger partial charge in [0.25, 0.3) is 0 Å². The molecule has 2 unspecified atom stereocenters. The molecular weight excluding hydrogens is 330 g/mol. The Hall–Kier alpha value is -0.650. The van der Waals surface area contributed by atoms with Gasteiger partial charge in [-0.15, -0.1) is 0 Å². The van der Waals surface area contributed by atoms with E-state index in [1.165, 1.54) is 6.92 Å². The summed E-state index contributed by atoms with van der Waals surface area (Å²) >= 11 is 0. The van der Waals surface area contributed by atoms with Crippen LogP contribution in [0.4, 0.5) is 0 Å². The maximum Gasteiger partial charge on any atom is 0.308 e. The molecular formula is C21H49NO4. The van der Waals surface area contributed by atoms with Crippen LogP contribution in [0.3, 0.4) is 0 Å². The molecule has 0 radical (unpaired) electrons. The van der Waals surface area contributed by atoms with E-state index in [-0.39, 0.29) is 18.5 Å². The van der Waals surface area contributed by atoms with Crippen LogP contribution in [0.5, 0.6) is 0 Å². The summed E-state index contributed by atoms with van der Waals surface area (Å²) < 4.78 is 5.14. The fourth-order valence-corrected chi connectivity index (χ4v) is 2.01. The fourth-order valence-electron chi connectivity index (χ4n) is 2.01. The average Bonchev–Trinajstić information content (AvgIpc) is 2.68. The summed E-state index contributed by atoms with van der Waals surface area (Å²) in [6, 6.07) is 0. The zero-order valence-electron chi connectivity index (χ0n) is 19.6. The summed E-state index contributed by atoms with van der Waals surface area (Å²) in [5.74, 6) is -0.486. The zero-order valence-corrected chi connectivity index (χ0v) is 19.6. The highest BCUT2D eigenvalue weighted by molar-refractivity contribution is 5.71. The van der Waals surface area contributed by atoms with Crippen LogP contribution < -0.4 is 0 Å². The van der Waals surface area contributed by atoms with Crippen molar-refractivity contribution in [2.45, 2.75) is 107 Å². The molecule has 0 spiro atoms. The maximum absolute atomic E-state index is 11.8. The van der Waals surface area contributed by atoms with Crippen LogP contribution in [0.2, 0.25) is 0 Å². The number of aliphatic hydroxyl groups is 2. The molecule has 0 aromatic carbocycles. The first-order valence-corrected chi connectivity index (χ1v) is 10.5. The Labute approximate surface area is 164 Å². The van der Waals surface area contributed by atoms with Gasteiger partial charge in [-0.05, 0) is 26.8 Å². The van der Waals surface area contributed by atoms with Crippen molar-refractivity contribution in [3.63, 3.8) is 0 Å².